The maximum atomic E-state index is 11.9. The predicted molar refractivity (Wildman–Crippen MR) is 93.5 cm³/mol. The van der Waals surface area contributed by atoms with E-state index in [-0.39, 0.29) is 18.4 Å². The molecule has 1 aromatic carbocycles. The summed E-state index contributed by atoms with van der Waals surface area (Å²) in [4.78, 5) is 11.8. The van der Waals surface area contributed by atoms with Crippen LogP contribution in [0.5, 0.6) is 0 Å². The van der Waals surface area contributed by atoms with Crippen LogP contribution in [0, 0.1) is 17.8 Å². The maximum Gasteiger partial charge on any atom is 0.264 e. The van der Waals surface area contributed by atoms with E-state index < -0.39 is 20.5 Å². The number of carbonyl (C=O) groups is 1. The van der Waals surface area contributed by atoms with E-state index in [2.05, 4.69) is 11.8 Å². The number of hydrogen-bond acceptors (Lipinski definition) is 5. The molecule has 136 valence electrons. The molecule has 7 heteroatoms. The Bertz CT molecular complexity index is 785. The molecule has 1 atom stereocenters. The fourth-order valence-electron chi connectivity index (χ4n) is 2.61. The summed E-state index contributed by atoms with van der Waals surface area (Å²) in [6.07, 6.45) is 2.65. The summed E-state index contributed by atoms with van der Waals surface area (Å²) in [5.74, 6) is 5.50. The van der Waals surface area contributed by atoms with E-state index in [1.54, 1.807) is 0 Å². The Balaban J connectivity index is 2.02. The largest absolute Gasteiger partial charge is 0.393 e. The van der Waals surface area contributed by atoms with Crippen molar-refractivity contribution in [2.75, 3.05) is 6.26 Å². The first-order chi connectivity index (χ1) is 11.7. The number of hydroxylamine groups is 1. The molecule has 1 fully saturated rings. The molecular weight excluding hydrogens is 342 g/mol. The van der Waals surface area contributed by atoms with Crippen LogP contribution >= 0.6 is 0 Å². The highest BCUT2D eigenvalue weighted by Gasteiger charge is 2.43. The van der Waals surface area contributed by atoms with Gasteiger partial charge in [0.1, 0.15) is 4.75 Å². The lowest BCUT2D eigenvalue weighted by atomic mass is 9.83. The topological polar surface area (TPSA) is 104 Å². The number of aliphatic hydroxyl groups excluding tert-OH is 1. The van der Waals surface area contributed by atoms with Gasteiger partial charge in [0.15, 0.2) is 9.84 Å². The number of aliphatic hydroxyl groups is 1. The van der Waals surface area contributed by atoms with Crippen LogP contribution in [0.2, 0.25) is 0 Å². The Morgan fingerprint density at radius 1 is 1.32 bits per heavy atom. The van der Waals surface area contributed by atoms with Gasteiger partial charge < -0.3 is 5.11 Å². The molecule has 3 N–H and O–H groups in total. The number of hydrogen-bond donors (Lipinski definition) is 3. The zero-order valence-corrected chi connectivity index (χ0v) is 15.1. The highest BCUT2D eigenvalue weighted by molar-refractivity contribution is 7.92. The van der Waals surface area contributed by atoms with Gasteiger partial charge in [-0.1, -0.05) is 24.0 Å². The minimum Gasteiger partial charge on any atom is -0.393 e. The van der Waals surface area contributed by atoms with Gasteiger partial charge in [0.2, 0.25) is 0 Å². The molecule has 6 nitrogen and oxygen atoms in total. The Morgan fingerprint density at radius 3 is 2.40 bits per heavy atom. The van der Waals surface area contributed by atoms with Crippen molar-refractivity contribution in [2.45, 2.75) is 43.5 Å². The molecule has 1 aliphatic rings. The molecule has 1 aromatic rings. The summed E-state index contributed by atoms with van der Waals surface area (Å²) in [5.41, 5.74) is 3.18. The van der Waals surface area contributed by atoms with Gasteiger partial charge >= 0.3 is 0 Å². The molecule has 1 saturated carbocycles. The van der Waals surface area contributed by atoms with Crippen molar-refractivity contribution in [1.82, 2.24) is 5.48 Å². The molecular formula is C18H23NO5S. The molecule has 0 radical (unpaired) electrons. The van der Waals surface area contributed by atoms with Gasteiger partial charge in [0.05, 0.1) is 6.10 Å². The summed E-state index contributed by atoms with van der Waals surface area (Å²) in [6.45, 7) is 1.31. The van der Waals surface area contributed by atoms with Gasteiger partial charge in [-0.15, -0.1) is 0 Å². The molecule has 2 rings (SSSR count). The second-order valence-corrected chi connectivity index (χ2v) is 9.18. The van der Waals surface area contributed by atoms with Crippen LogP contribution in [-0.4, -0.2) is 41.7 Å². The predicted octanol–water partition coefficient (Wildman–Crippen LogP) is 1.05. The zero-order chi connectivity index (χ0) is 18.7. The van der Waals surface area contributed by atoms with E-state index in [4.69, 9.17) is 5.21 Å². The van der Waals surface area contributed by atoms with Gasteiger partial charge in [-0.05, 0) is 50.3 Å². The minimum absolute atomic E-state index is 0.0587. The van der Waals surface area contributed by atoms with Gasteiger partial charge in [-0.2, -0.15) is 0 Å². The summed E-state index contributed by atoms with van der Waals surface area (Å²) in [7, 11) is -3.69. The SMILES string of the molecule is CC(CCc1ccc(C#CC2CC(O)C2)cc1)(C(=O)NO)S(C)(=O)=O. The van der Waals surface area contributed by atoms with E-state index in [0.717, 1.165) is 30.2 Å². The van der Waals surface area contributed by atoms with Crippen LogP contribution in [0.25, 0.3) is 0 Å². The number of aryl methyl sites for hydroxylation is 1. The molecule has 1 unspecified atom stereocenters. The zero-order valence-electron chi connectivity index (χ0n) is 14.3. The summed E-state index contributed by atoms with van der Waals surface area (Å²) in [5, 5.41) is 18.1. The van der Waals surface area contributed by atoms with Gasteiger partial charge in [-0.3, -0.25) is 10.0 Å². The Labute approximate surface area is 148 Å². The van der Waals surface area contributed by atoms with Crippen LogP contribution < -0.4 is 5.48 Å². The number of nitrogens with one attached hydrogen (secondary N) is 1. The second kappa shape index (κ2) is 7.56. The van der Waals surface area contributed by atoms with E-state index in [9.17, 15) is 18.3 Å². The lowest BCUT2D eigenvalue weighted by Gasteiger charge is -2.26. The van der Waals surface area contributed by atoms with Crippen LogP contribution in [0.15, 0.2) is 24.3 Å². The lowest BCUT2D eigenvalue weighted by molar-refractivity contribution is -0.131. The molecule has 0 spiro atoms. The van der Waals surface area contributed by atoms with Crippen molar-refractivity contribution < 1.29 is 23.5 Å². The second-order valence-electron chi connectivity index (χ2n) is 6.73. The number of carbonyl (C=O) groups excluding carboxylic acids is 1. The van der Waals surface area contributed by atoms with Crippen LogP contribution in [0.4, 0.5) is 0 Å². The molecule has 1 aliphatic carbocycles. The standard InChI is InChI=1S/C18H23NO5S/c1-18(17(21)19-22,25(2,23)24)10-9-14-5-3-13(4-6-14)7-8-15-11-16(20)12-15/h3-6,15-16,20,22H,9-12H2,1-2H3,(H,19,21). The van der Waals surface area contributed by atoms with Gasteiger partial charge in [-0.25, -0.2) is 13.9 Å². The number of benzene rings is 1. The Morgan fingerprint density at radius 2 is 1.92 bits per heavy atom. The van der Waals surface area contributed by atoms with Crippen LogP contribution in [0.3, 0.4) is 0 Å². The maximum absolute atomic E-state index is 11.9. The summed E-state index contributed by atoms with van der Waals surface area (Å²) < 4.78 is 22.2. The fourth-order valence-corrected chi connectivity index (χ4v) is 3.47. The summed E-state index contributed by atoms with van der Waals surface area (Å²) in [6, 6.07) is 7.39. The third-order valence-corrected chi connectivity index (χ3v) is 6.80. The molecule has 0 saturated heterocycles. The van der Waals surface area contributed by atoms with Crippen molar-refractivity contribution in [1.29, 1.82) is 0 Å². The third kappa shape index (κ3) is 4.60. The van der Waals surface area contributed by atoms with Crippen molar-refractivity contribution in [2.24, 2.45) is 5.92 Å². The smallest absolute Gasteiger partial charge is 0.264 e. The van der Waals surface area contributed by atoms with Gasteiger partial charge in [0, 0.05) is 17.7 Å². The van der Waals surface area contributed by atoms with E-state index in [0.29, 0.717) is 6.42 Å². The number of amides is 1. The van der Waals surface area contributed by atoms with Crippen molar-refractivity contribution in [3.63, 3.8) is 0 Å². The lowest BCUT2D eigenvalue weighted by Crippen LogP contribution is -2.49. The highest BCUT2D eigenvalue weighted by Crippen LogP contribution is 2.26. The quantitative estimate of drug-likeness (QED) is 0.411. The van der Waals surface area contributed by atoms with Crippen molar-refractivity contribution in [3.05, 3.63) is 35.4 Å². The first-order valence-corrected chi connectivity index (χ1v) is 9.97. The summed E-state index contributed by atoms with van der Waals surface area (Å²) >= 11 is 0. The molecule has 0 aromatic heterocycles. The first kappa shape index (κ1) is 19.4. The monoisotopic (exact) mass is 365 g/mol. The van der Waals surface area contributed by atoms with E-state index in [1.165, 1.54) is 12.4 Å². The van der Waals surface area contributed by atoms with Crippen molar-refractivity contribution >= 4 is 15.7 Å². The molecule has 25 heavy (non-hydrogen) atoms. The normalized spacial score (nSPS) is 22.1. The fraction of sp³-hybridized carbons (Fsp3) is 0.500. The van der Waals surface area contributed by atoms with E-state index in [1.807, 2.05) is 24.3 Å². The Hall–Kier alpha value is -1.88. The van der Waals surface area contributed by atoms with Crippen LogP contribution in [0.1, 0.15) is 37.3 Å². The van der Waals surface area contributed by atoms with Gasteiger partial charge in [0.25, 0.3) is 5.91 Å². The average molecular weight is 365 g/mol. The molecule has 0 heterocycles. The van der Waals surface area contributed by atoms with E-state index >= 15 is 0 Å². The van der Waals surface area contributed by atoms with Crippen molar-refractivity contribution in [3.8, 4) is 11.8 Å². The number of sulfone groups is 1. The third-order valence-electron chi connectivity index (χ3n) is 4.78. The molecule has 0 aliphatic heterocycles. The highest BCUT2D eigenvalue weighted by atomic mass is 32.2. The van der Waals surface area contributed by atoms with Crippen LogP contribution in [-0.2, 0) is 21.1 Å². The minimum atomic E-state index is -3.69. The first-order valence-electron chi connectivity index (χ1n) is 8.08. The number of rotatable bonds is 5. The Kier molecular flexibility index (Phi) is 5.88. The molecule has 1 amide bonds. The average Bonchev–Trinajstić information content (AvgIpc) is 2.54. The molecule has 0 bridgehead atoms.